The van der Waals surface area contributed by atoms with E-state index < -0.39 is 12.6 Å². The lowest BCUT2D eigenvalue weighted by Gasteiger charge is -2.02. The number of hydrogen-bond donors (Lipinski definition) is 1. The van der Waals surface area contributed by atoms with Gasteiger partial charge in [0.15, 0.2) is 12.4 Å². The number of H-pyrrole nitrogens is 1. The molecule has 0 amide bonds. The van der Waals surface area contributed by atoms with Crippen LogP contribution in [0.3, 0.4) is 0 Å². The highest BCUT2D eigenvalue weighted by Crippen LogP contribution is 2.19. The number of carbonyl (C=O) groups is 3. The fourth-order valence-electron chi connectivity index (χ4n) is 2.55. The number of esters is 1. The van der Waals surface area contributed by atoms with Gasteiger partial charge < -0.3 is 9.72 Å². The summed E-state index contributed by atoms with van der Waals surface area (Å²) in [4.78, 5) is 38.4. The second kappa shape index (κ2) is 7.94. The van der Waals surface area contributed by atoms with Crippen molar-refractivity contribution in [3.05, 3.63) is 63.4 Å². The minimum Gasteiger partial charge on any atom is -0.454 e. The summed E-state index contributed by atoms with van der Waals surface area (Å²) in [7, 11) is 0. The molecule has 2 aromatic rings. The zero-order chi connectivity index (χ0) is 18.6. The molecule has 25 heavy (non-hydrogen) atoms. The van der Waals surface area contributed by atoms with Crippen molar-refractivity contribution in [1.82, 2.24) is 4.98 Å². The normalized spacial score (nSPS) is 10.9. The van der Waals surface area contributed by atoms with E-state index in [-0.39, 0.29) is 17.3 Å². The van der Waals surface area contributed by atoms with Crippen LogP contribution in [0.4, 0.5) is 0 Å². The highest BCUT2D eigenvalue weighted by molar-refractivity contribution is 6.30. The molecule has 0 saturated carbocycles. The Kier molecular flexibility index (Phi) is 5.93. The van der Waals surface area contributed by atoms with Crippen LogP contribution in [0.5, 0.6) is 0 Å². The van der Waals surface area contributed by atoms with E-state index in [9.17, 15) is 14.4 Å². The van der Waals surface area contributed by atoms with Crippen molar-refractivity contribution < 1.29 is 19.1 Å². The molecule has 1 heterocycles. The lowest BCUT2D eigenvalue weighted by Crippen LogP contribution is -2.14. The van der Waals surface area contributed by atoms with E-state index in [4.69, 9.17) is 16.3 Å². The molecule has 0 atom stereocenters. The van der Waals surface area contributed by atoms with Gasteiger partial charge in [0.25, 0.3) is 0 Å². The lowest BCUT2D eigenvalue weighted by molar-refractivity contribution is -0.136. The average molecular weight is 360 g/mol. The number of carbonyl (C=O) groups excluding carboxylic acids is 3. The van der Waals surface area contributed by atoms with Crippen LogP contribution in [0.2, 0.25) is 5.02 Å². The van der Waals surface area contributed by atoms with E-state index in [1.807, 2.05) is 0 Å². The molecular weight excluding hydrogens is 342 g/mol. The zero-order valence-electron chi connectivity index (χ0n) is 14.2. The van der Waals surface area contributed by atoms with Crippen molar-refractivity contribution in [3.8, 4) is 0 Å². The fraction of sp³-hybridized carbons (Fsp3) is 0.211. The third kappa shape index (κ3) is 4.67. The van der Waals surface area contributed by atoms with Gasteiger partial charge in [0.1, 0.15) is 0 Å². The SMILES string of the molecule is CC(=O)c1c(C)[nH]c(C(=O)COC(=O)/C=C/c2ccc(Cl)cc2)c1C. The zero-order valence-corrected chi connectivity index (χ0v) is 14.9. The van der Waals surface area contributed by atoms with Crippen LogP contribution in [0.1, 0.15) is 44.6 Å². The first kappa shape index (κ1) is 18.7. The summed E-state index contributed by atoms with van der Waals surface area (Å²) in [5.41, 5.74) is 2.77. The van der Waals surface area contributed by atoms with E-state index in [0.717, 1.165) is 5.56 Å². The largest absolute Gasteiger partial charge is 0.454 e. The Morgan fingerprint density at radius 3 is 2.36 bits per heavy atom. The maximum absolute atomic E-state index is 12.2. The van der Waals surface area contributed by atoms with Gasteiger partial charge in [-0.25, -0.2) is 4.79 Å². The Labute approximate surface area is 150 Å². The summed E-state index contributed by atoms with van der Waals surface area (Å²) in [6.07, 6.45) is 2.81. The van der Waals surface area contributed by atoms with Crippen molar-refractivity contribution in [2.45, 2.75) is 20.8 Å². The number of nitrogens with one attached hydrogen (secondary N) is 1. The van der Waals surface area contributed by atoms with Gasteiger partial charge >= 0.3 is 5.97 Å². The Balaban J connectivity index is 1.98. The molecule has 6 heteroatoms. The van der Waals surface area contributed by atoms with Crippen molar-refractivity contribution in [3.63, 3.8) is 0 Å². The molecule has 0 aliphatic carbocycles. The first-order chi connectivity index (χ1) is 11.8. The molecule has 0 bridgehead atoms. The Morgan fingerprint density at radius 2 is 1.80 bits per heavy atom. The number of rotatable bonds is 6. The number of aromatic amines is 1. The number of Topliss-reactive ketones (excluding diaryl/α,β-unsaturated/α-hetero) is 2. The molecule has 130 valence electrons. The topological polar surface area (TPSA) is 76.2 Å². The Hall–Kier alpha value is -2.66. The second-order valence-corrected chi connectivity index (χ2v) is 6.03. The van der Waals surface area contributed by atoms with Crippen molar-refractivity contribution in [2.24, 2.45) is 0 Å². The number of halogens is 1. The molecule has 0 aliphatic rings. The average Bonchev–Trinajstić information content (AvgIpc) is 2.86. The number of aryl methyl sites for hydroxylation is 1. The van der Waals surface area contributed by atoms with Gasteiger partial charge in [0.2, 0.25) is 5.78 Å². The predicted octanol–water partition coefficient (Wildman–Crippen LogP) is 3.93. The Morgan fingerprint density at radius 1 is 1.16 bits per heavy atom. The second-order valence-electron chi connectivity index (χ2n) is 5.60. The van der Waals surface area contributed by atoms with Gasteiger partial charge in [-0.1, -0.05) is 23.7 Å². The molecular formula is C19H18ClNO4. The van der Waals surface area contributed by atoms with Gasteiger partial charge in [-0.3, -0.25) is 9.59 Å². The van der Waals surface area contributed by atoms with E-state index in [1.165, 1.54) is 13.0 Å². The van der Waals surface area contributed by atoms with Crippen LogP contribution in [-0.4, -0.2) is 29.1 Å². The molecule has 5 nitrogen and oxygen atoms in total. The predicted molar refractivity (Wildman–Crippen MR) is 96.0 cm³/mol. The molecule has 0 fully saturated rings. The minimum absolute atomic E-state index is 0.117. The van der Waals surface area contributed by atoms with E-state index in [1.54, 1.807) is 44.2 Å². The van der Waals surface area contributed by atoms with Crippen LogP contribution in [-0.2, 0) is 9.53 Å². The van der Waals surface area contributed by atoms with Crippen molar-refractivity contribution in [1.29, 1.82) is 0 Å². The van der Waals surface area contributed by atoms with E-state index >= 15 is 0 Å². The first-order valence-electron chi connectivity index (χ1n) is 7.63. The highest BCUT2D eigenvalue weighted by Gasteiger charge is 2.20. The third-order valence-corrected chi connectivity index (χ3v) is 3.95. The van der Waals surface area contributed by atoms with Crippen molar-refractivity contribution >= 4 is 35.2 Å². The van der Waals surface area contributed by atoms with Gasteiger partial charge in [-0.2, -0.15) is 0 Å². The van der Waals surface area contributed by atoms with Crippen LogP contribution in [0, 0.1) is 13.8 Å². The molecule has 0 aliphatic heterocycles. The van der Waals surface area contributed by atoms with Crippen LogP contribution in [0.15, 0.2) is 30.3 Å². The third-order valence-electron chi connectivity index (χ3n) is 3.70. The van der Waals surface area contributed by atoms with Crippen molar-refractivity contribution in [2.75, 3.05) is 6.61 Å². The summed E-state index contributed by atoms with van der Waals surface area (Å²) in [6.45, 7) is 4.46. The monoisotopic (exact) mass is 359 g/mol. The summed E-state index contributed by atoms with van der Waals surface area (Å²) in [5, 5.41) is 0.604. The quantitative estimate of drug-likeness (QED) is 0.481. The molecule has 1 aromatic carbocycles. The maximum atomic E-state index is 12.2. The molecule has 0 spiro atoms. The van der Waals surface area contributed by atoms with Crippen LogP contribution >= 0.6 is 11.6 Å². The fourth-order valence-corrected chi connectivity index (χ4v) is 2.68. The minimum atomic E-state index is -0.629. The molecule has 1 N–H and O–H groups in total. The van der Waals surface area contributed by atoms with E-state index in [2.05, 4.69) is 4.98 Å². The van der Waals surface area contributed by atoms with Gasteiger partial charge in [-0.05, 0) is 50.1 Å². The highest BCUT2D eigenvalue weighted by atomic mass is 35.5. The summed E-state index contributed by atoms with van der Waals surface area (Å²) < 4.78 is 4.96. The molecule has 2 rings (SSSR count). The molecule has 0 radical (unpaired) electrons. The van der Waals surface area contributed by atoms with Gasteiger partial charge in [0.05, 0.1) is 5.69 Å². The Bertz CT molecular complexity index is 847. The number of ether oxygens (including phenoxy) is 1. The van der Waals surface area contributed by atoms with E-state index in [0.29, 0.717) is 21.8 Å². The summed E-state index contributed by atoms with van der Waals surface area (Å²) in [5.74, 6) is -1.13. The number of hydrogen-bond acceptors (Lipinski definition) is 4. The first-order valence-corrected chi connectivity index (χ1v) is 8.01. The van der Waals surface area contributed by atoms with Gasteiger partial charge in [-0.15, -0.1) is 0 Å². The standard InChI is InChI=1S/C19H18ClNO4/c1-11-18(13(3)22)12(2)21-19(11)16(23)10-25-17(24)9-6-14-4-7-15(20)8-5-14/h4-9,21H,10H2,1-3H3/b9-6+. The van der Waals surface area contributed by atoms with Gasteiger partial charge in [0, 0.05) is 22.4 Å². The number of aromatic nitrogens is 1. The summed E-state index contributed by atoms with van der Waals surface area (Å²) >= 11 is 5.78. The maximum Gasteiger partial charge on any atom is 0.331 e. The number of benzene rings is 1. The number of ketones is 2. The molecule has 1 aromatic heterocycles. The van der Waals surface area contributed by atoms with Crippen LogP contribution < -0.4 is 0 Å². The molecule has 0 unspecified atom stereocenters. The summed E-state index contributed by atoms with van der Waals surface area (Å²) in [6, 6.07) is 6.93. The smallest absolute Gasteiger partial charge is 0.331 e. The lowest BCUT2D eigenvalue weighted by atomic mass is 10.1. The van der Waals surface area contributed by atoms with Crippen LogP contribution in [0.25, 0.3) is 6.08 Å². The molecule has 0 saturated heterocycles.